The van der Waals surface area contributed by atoms with Crippen LogP contribution in [0, 0.1) is 5.41 Å². The fourth-order valence-corrected chi connectivity index (χ4v) is 2.68. The van der Waals surface area contributed by atoms with Crippen LogP contribution in [0.25, 0.3) is 0 Å². The lowest BCUT2D eigenvalue weighted by atomic mass is 9.68. The van der Waals surface area contributed by atoms with Gasteiger partial charge in [0.15, 0.2) is 0 Å². The molecule has 2 aliphatic rings. The number of halogens is 2. The van der Waals surface area contributed by atoms with Crippen LogP contribution in [0.3, 0.4) is 0 Å². The first kappa shape index (κ1) is 11.8. The highest BCUT2D eigenvalue weighted by atomic mass is 19.3. The molecule has 16 heavy (non-hydrogen) atoms. The minimum atomic E-state index is -2.51. The van der Waals surface area contributed by atoms with Gasteiger partial charge in [-0.25, -0.2) is 8.78 Å². The van der Waals surface area contributed by atoms with E-state index in [0.717, 1.165) is 32.1 Å². The highest BCUT2D eigenvalue weighted by molar-refractivity contribution is 5.84. The van der Waals surface area contributed by atoms with Crippen molar-refractivity contribution in [1.29, 1.82) is 0 Å². The van der Waals surface area contributed by atoms with Crippen molar-refractivity contribution >= 4 is 5.91 Å². The van der Waals surface area contributed by atoms with Gasteiger partial charge < -0.3 is 5.32 Å². The van der Waals surface area contributed by atoms with Crippen molar-refractivity contribution in [1.82, 2.24) is 5.32 Å². The summed E-state index contributed by atoms with van der Waals surface area (Å²) in [5.74, 6) is -0.402. The average molecular weight is 231 g/mol. The maximum absolute atomic E-state index is 12.9. The Morgan fingerprint density at radius 1 is 1.12 bits per heavy atom. The zero-order valence-electron chi connectivity index (χ0n) is 9.48. The molecule has 0 heterocycles. The first-order chi connectivity index (χ1) is 7.65. The molecule has 0 unspecified atom stereocenters. The highest BCUT2D eigenvalue weighted by Gasteiger charge is 2.52. The van der Waals surface area contributed by atoms with Gasteiger partial charge in [-0.1, -0.05) is 25.7 Å². The molecule has 0 saturated heterocycles. The summed E-state index contributed by atoms with van der Waals surface area (Å²) in [5.41, 5.74) is -1.35. The van der Waals surface area contributed by atoms with Gasteiger partial charge in [0, 0.05) is 6.04 Å². The third-order valence-corrected chi connectivity index (χ3v) is 4.06. The fraction of sp³-hybridized carbons (Fsp3) is 0.917. The summed E-state index contributed by atoms with van der Waals surface area (Å²) < 4.78 is 25.8. The van der Waals surface area contributed by atoms with Crippen molar-refractivity contribution in [3.8, 4) is 0 Å². The van der Waals surface area contributed by atoms with E-state index in [0.29, 0.717) is 12.8 Å². The monoisotopic (exact) mass is 231 g/mol. The Bertz CT molecular complexity index is 258. The normalized spacial score (nSPS) is 25.2. The number of amides is 1. The van der Waals surface area contributed by atoms with E-state index >= 15 is 0 Å². The predicted octanol–water partition coefficient (Wildman–Crippen LogP) is 2.87. The summed E-state index contributed by atoms with van der Waals surface area (Å²) in [6.07, 6.45) is 4.25. The van der Waals surface area contributed by atoms with Crippen LogP contribution in [0.2, 0.25) is 0 Å². The molecule has 2 aliphatic carbocycles. The first-order valence-electron chi connectivity index (χ1n) is 6.24. The summed E-state index contributed by atoms with van der Waals surface area (Å²) in [7, 11) is 0. The van der Waals surface area contributed by atoms with Crippen LogP contribution in [-0.2, 0) is 4.79 Å². The highest BCUT2D eigenvalue weighted by Crippen LogP contribution is 2.46. The lowest BCUT2D eigenvalue weighted by molar-refractivity contribution is -0.151. The molecule has 0 aromatic rings. The van der Waals surface area contributed by atoms with Gasteiger partial charge in [-0.3, -0.25) is 4.79 Å². The van der Waals surface area contributed by atoms with Gasteiger partial charge in [0.2, 0.25) is 5.91 Å². The first-order valence-corrected chi connectivity index (χ1v) is 6.24. The number of carbonyl (C=O) groups is 1. The maximum atomic E-state index is 12.9. The van der Waals surface area contributed by atoms with Crippen LogP contribution in [0.4, 0.5) is 8.78 Å². The summed E-state index contributed by atoms with van der Waals surface area (Å²) in [5, 5.41) is 2.82. The Labute approximate surface area is 94.8 Å². The Hall–Kier alpha value is -0.670. The van der Waals surface area contributed by atoms with Crippen molar-refractivity contribution in [2.24, 2.45) is 5.41 Å². The molecule has 1 N–H and O–H groups in total. The molecule has 0 aromatic heterocycles. The lowest BCUT2D eigenvalue weighted by Crippen LogP contribution is -2.53. The van der Waals surface area contributed by atoms with E-state index in [9.17, 15) is 13.6 Å². The Morgan fingerprint density at radius 3 is 2.19 bits per heavy atom. The molecule has 0 atom stereocenters. The van der Waals surface area contributed by atoms with E-state index in [4.69, 9.17) is 0 Å². The van der Waals surface area contributed by atoms with Crippen LogP contribution in [0.5, 0.6) is 0 Å². The van der Waals surface area contributed by atoms with Crippen molar-refractivity contribution in [2.75, 3.05) is 0 Å². The van der Waals surface area contributed by atoms with Gasteiger partial charge in [-0.15, -0.1) is 0 Å². The molecule has 92 valence electrons. The molecular formula is C12H19F2NO. The number of alkyl halides is 2. The third kappa shape index (κ3) is 2.06. The Kier molecular flexibility index (Phi) is 3.45. The number of hydrogen-bond acceptors (Lipinski definition) is 1. The summed E-state index contributed by atoms with van der Waals surface area (Å²) in [6, 6.07) is 0.137. The topological polar surface area (TPSA) is 29.1 Å². The van der Waals surface area contributed by atoms with Gasteiger partial charge in [0.1, 0.15) is 5.41 Å². The second-order valence-corrected chi connectivity index (χ2v) is 5.12. The van der Waals surface area contributed by atoms with Crippen LogP contribution in [-0.4, -0.2) is 18.4 Å². The van der Waals surface area contributed by atoms with E-state index in [2.05, 4.69) is 5.32 Å². The molecule has 4 heteroatoms. The number of hydrogen-bond donors (Lipinski definition) is 1. The van der Waals surface area contributed by atoms with E-state index in [-0.39, 0.29) is 6.04 Å². The summed E-state index contributed by atoms with van der Waals surface area (Å²) >= 11 is 0. The minimum absolute atomic E-state index is 0.137. The number of carbonyl (C=O) groups excluding carboxylic acids is 1. The van der Waals surface area contributed by atoms with Crippen molar-refractivity contribution in [2.45, 2.75) is 63.8 Å². The molecule has 2 rings (SSSR count). The van der Waals surface area contributed by atoms with E-state index < -0.39 is 17.7 Å². The lowest BCUT2D eigenvalue weighted by Gasteiger charge is -2.40. The average Bonchev–Trinajstić information content (AvgIpc) is 2.16. The molecule has 0 spiro atoms. The predicted molar refractivity (Wildman–Crippen MR) is 57.3 cm³/mol. The van der Waals surface area contributed by atoms with Gasteiger partial charge in [0.25, 0.3) is 6.43 Å². The Balaban J connectivity index is 1.91. The number of rotatable bonds is 3. The SMILES string of the molecule is O=C(NC1CCCCC1)C1(C(F)F)CCC1. The van der Waals surface area contributed by atoms with Crippen molar-refractivity contribution in [3.63, 3.8) is 0 Å². The zero-order valence-corrected chi connectivity index (χ0v) is 9.48. The van der Waals surface area contributed by atoms with E-state index in [1.807, 2.05) is 0 Å². The molecule has 0 bridgehead atoms. The van der Waals surface area contributed by atoms with Gasteiger partial charge >= 0.3 is 0 Å². The fourth-order valence-electron chi connectivity index (χ4n) is 2.68. The van der Waals surface area contributed by atoms with Gasteiger partial charge in [-0.2, -0.15) is 0 Å². The summed E-state index contributed by atoms with van der Waals surface area (Å²) in [4.78, 5) is 11.9. The van der Waals surface area contributed by atoms with Gasteiger partial charge in [0.05, 0.1) is 0 Å². The smallest absolute Gasteiger partial charge is 0.252 e. The quantitative estimate of drug-likeness (QED) is 0.795. The molecule has 0 aliphatic heterocycles. The molecule has 2 saturated carbocycles. The molecule has 0 radical (unpaired) electrons. The van der Waals surface area contributed by atoms with Crippen molar-refractivity contribution < 1.29 is 13.6 Å². The third-order valence-electron chi connectivity index (χ3n) is 4.06. The molecular weight excluding hydrogens is 212 g/mol. The van der Waals surface area contributed by atoms with Crippen LogP contribution >= 0.6 is 0 Å². The standard InChI is InChI=1S/C12H19F2NO/c13-10(14)12(7-4-8-12)11(16)15-9-5-2-1-3-6-9/h9-10H,1-8H2,(H,15,16). The minimum Gasteiger partial charge on any atom is -0.353 e. The van der Waals surface area contributed by atoms with E-state index in [1.165, 1.54) is 6.42 Å². The largest absolute Gasteiger partial charge is 0.353 e. The molecule has 0 aromatic carbocycles. The maximum Gasteiger partial charge on any atom is 0.252 e. The zero-order chi connectivity index (χ0) is 11.6. The van der Waals surface area contributed by atoms with E-state index in [1.54, 1.807) is 0 Å². The molecule has 2 fully saturated rings. The summed E-state index contributed by atoms with van der Waals surface area (Å²) in [6.45, 7) is 0. The van der Waals surface area contributed by atoms with Crippen LogP contribution in [0.15, 0.2) is 0 Å². The molecule has 1 amide bonds. The van der Waals surface area contributed by atoms with Gasteiger partial charge in [-0.05, 0) is 25.7 Å². The second-order valence-electron chi connectivity index (χ2n) is 5.12. The Morgan fingerprint density at radius 2 is 1.75 bits per heavy atom. The number of nitrogens with one attached hydrogen (secondary N) is 1. The van der Waals surface area contributed by atoms with Crippen LogP contribution in [0.1, 0.15) is 51.4 Å². The van der Waals surface area contributed by atoms with Crippen molar-refractivity contribution in [3.05, 3.63) is 0 Å². The second kappa shape index (κ2) is 4.68. The molecule has 2 nitrogen and oxygen atoms in total. The van der Waals surface area contributed by atoms with Crippen LogP contribution < -0.4 is 5.32 Å².